The second-order valence-electron chi connectivity index (χ2n) is 5.36. The van der Waals surface area contributed by atoms with E-state index in [1.807, 2.05) is 0 Å². The Labute approximate surface area is 139 Å². The highest BCUT2D eigenvalue weighted by molar-refractivity contribution is 5.80. The van der Waals surface area contributed by atoms with Crippen LogP contribution < -0.4 is 0 Å². The standard InChI is InChI=1S/C14H24N2O8/c1-3-14(4-2,13(23)24)16(9-12(21)22)6-5-15(7-10(17)18)8-11(19)20/h3-9H2,1-2H3,(H,17,18)(H,19,20)(H,21,22)(H,23,24). The molecule has 4 N–H and O–H groups in total. The fourth-order valence-electron chi connectivity index (χ4n) is 2.60. The summed E-state index contributed by atoms with van der Waals surface area (Å²) in [6.07, 6.45) is 0.313. The van der Waals surface area contributed by atoms with Crippen LogP contribution in [0.1, 0.15) is 26.7 Å². The Morgan fingerprint density at radius 3 is 1.46 bits per heavy atom. The number of aliphatic carboxylic acids is 4. The van der Waals surface area contributed by atoms with Gasteiger partial charge < -0.3 is 20.4 Å². The molecule has 0 heterocycles. The fraction of sp³-hybridized carbons (Fsp3) is 0.714. The maximum absolute atomic E-state index is 11.7. The van der Waals surface area contributed by atoms with Crippen LogP contribution in [0.3, 0.4) is 0 Å². The van der Waals surface area contributed by atoms with Gasteiger partial charge in [0.1, 0.15) is 5.54 Å². The number of carboxylic acid groups (broad SMARTS) is 4. The number of carbonyl (C=O) groups is 4. The summed E-state index contributed by atoms with van der Waals surface area (Å²) in [4.78, 5) is 46.7. The first-order chi connectivity index (χ1) is 11.1. The lowest BCUT2D eigenvalue weighted by Gasteiger charge is -2.39. The van der Waals surface area contributed by atoms with Crippen LogP contribution in [0.5, 0.6) is 0 Å². The highest BCUT2D eigenvalue weighted by Crippen LogP contribution is 2.24. The molecule has 0 unspecified atom stereocenters. The average molecular weight is 348 g/mol. The van der Waals surface area contributed by atoms with Crippen LogP contribution in [0.25, 0.3) is 0 Å². The van der Waals surface area contributed by atoms with Gasteiger partial charge in [0.15, 0.2) is 0 Å². The smallest absolute Gasteiger partial charge is 0.324 e. The maximum Gasteiger partial charge on any atom is 0.324 e. The van der Waals surface area contributed by atoms with E-state index < -0.39 is 49.1 Å². The third-order valence-electron chi connectivity index (χ3n) is 3.90. The second-order valence-corrected chi connectivity index (χ2v) is 5.36. The first kappa shape index (κ1) is 21.8. The Morgan fingerprint density at radius 2 is 1.17 bits per heavy atom. The van der Waals surface area contributed by atoms with E-state index in [1.165, 1.54) is 4.90 Å². The third-order valence-corrected chi connectivity index (χ3v) is 3.90. The van der Waals surface area contributed by atoms with Crippen molar-refractivity contribution >= 4 is 23.9 Å². The average Bonchev–Trinajstić information content (AvgIpc) is 2.43. The van der Waals surface area contributed by atoms with Crippen molar-refractivity contribution in [1.29, 1.82) is 0 Å². The predicted octanol–water partition coefficient (Wildman–Crippen LogP) is -0.512. The van der Waals surface area contributed by atoms with Crippen molar-refractivity contribution in [2.45, 2.75) is 32.2 Å². The van der Waals surface area contributed by atoms with Gasteiger partial charge in [-0.3, -0.25) is 29.0 Å². The molecule has 0 rings (SSSR count). The topological polar surface area (TPSA) is 156 Å². The minimum absolute atomic E-state index is 0.0824. The molecule has 0 radical (unpaired) electrons. The van der Waals surface area contributed by atoms with Gasteiger partial charge >= 0.3 is 23.9 Å². The molecule has 10 heteroatoms. The highest BCUT2D eigenvalue weighted by Gasteiger charge is 2.41. The molecule has 0 aliphatic carbocycles. The minimum Gasteiger partial charge on any atom is -0.480 e. The van der Waals surface area contributed by atoms with Crippen molar-refractivity contribution in [2.75, 3.05) is 32.7 Å². The molecular formula is C14H24N2O8. The summed E-state index contributed by atoms with van der Waals surface area (Å²) in [7, 11) is 0. The zero-order valence-electron chi connectivity index (χ0n) is 13.8. The first-order valence-corrected chi connectivity index (χ1v) is 7.45. The van der Waals surface area contributed by atoms with Crippen molar-refractivity contribution in [1.82, 2.24) is 9.80 Å². The monoisotopic (exact) mass is 348 g/mol. The SMILES string of the molecule is CCC(CC)(C(=O)O)N(CCN(CC(=O)O)CC(=O)O)CC(=O)O. The van der Waals surface area contributed by atoms with E-state index in [9.17, 15) is 24.3 Å². The van der Waals surface area contributed by atoms with E-state index in [0.29, 0.717) is 0 Å². The molecule has 24 heavy (non-hydrogen) atoms. The first-order valence-electron chi connectivity index (χ1n) is 7.45. The molecule has 0 aliphatic heterocycles. The molecule has 0 spiro atoms. The third kappa shape index (κ3) is 6.50. The van der Waals surface area contributed by atoms with Gasteiger partial charge in [0.05, 0.1) is 19.6 Å². The van der Waals surface area contributed by atoms with Gasteiger partial charge in [0, 0.05) is 13.1 Å². The zero-order chi connectivity index (χ0) is 18.9. The molecule has 0 bridgehead atoms. The summed E-state index contributed by atoms with van der Waals surface area (Å²) in [5.41, 5.74) is -1.41. The molecule has 0 atom stereocenters. The normalized spacial score (nSPS) is 11.7. The number of carboxylic acids is 4. The number of hydrogen-bond donors (Lipinski definition) is 4. The Bertz CT molecular complexity index is 459. The van der Waals surface area contributed by atoms with Crippen LogP contribution in [-0.2, 0) is 19.2 Å². The molecule has 0 amide bonds. The quantitative estimate of drug-likeness (QED) is 0.342. The maximum atomic E-state index is 11.7. The fourth-order valence-corrected chi connectivity index (χ4v) is 2.60. The summed E-state index contributed by atoms with van der Waals surface area (Å²) < 4.78 is 0. The molecule has 0 saturated heterocycles. The summed E-state index contributed by atoms with van der Waals surface area (Å²) in [6, 6.07) is 0. The summed E-state index contributed by atoms with van der Waals surface area (Å²) >= 11 is 0. The molecular weight excluding hydrogens is 324 g/mol. The molecule has 0 aromatic heterocycles. The molecule has 0 aromatic rings. The Balaban J connectivity index is 5.31. The van der Waals surface area contributed by atoms with Crippen molar-refractivity contribution in [3.8, 4) is 0 Å². The lowest BCUT2D eigenvalue weighted by molar-refractivity contribution is -0.156. The van der Waals surface area contributed by atoms with Crippen LogP contribution in [0, 0.1) is 0 Å². The molecule has 138 valence electrons. The van der Waals surface area contributed by atoms with Gasteiger partial charge in [-0.25, -0.2) is 0 Å². The van der Waals surface area contributed by atoms with E-state index in [4.69, 9.17) is 15.3 Å². The van der Waals surface area contributed by atoms with Crippen LogP contribution >= 0.6 is 0 Å². The molecule has 10 nitrogen and oxygen atoms in total. The largest absolute Gasteiger partial charge is 0.480 e. The molecule has 0 fully saturated rings. The van der Waals surface area contributed by atoms with Gasteiger partial charge in [0.2, 0.25) is 0 Å². The lowest BCUT2D eigenvalue weighted by atomic mass is 9.90. The number of rotatable bonds is 13. The predicted molar refractivity (Wildman–Crippen MR) is 81.9 cm³/mol. The molecule has 0 aliphatic rings. The lowest BCUT2D eigenvalue weighted by Crippen LogP contribution is -2.57. The van der Waals surface area contributed by atoms with E-state index >= 15 is 0 Å². The van der Waals surface area contributed by atoms with E-state index in [2.05, 4.69) is 0 Å². The molecule has 0 aromatic carbocycles. The van der Waals surface area contributed by atoms with Gasteiger partial charge in [-0.15, -0.1) is 0 Å². The van der Waals surface area contributed by atoms with Crippen LogP contribution in [0.4, 0.5) is 0 Å². The molecule has 0 saturated carbocycles. The number of hydrogen-bond acceptors (Lipinski definition) is 6. The Hall–Kier alpha value is -2.20. The van der Waals surface area contributed by atoms with Gasteiger partial charge in [-0.05, 0) is 12.8 Å². The zero-order valence-corrected chi connectivity index (χ0v) is 13.8. The van der Waals surface area contributed by atoms with Gasteiger partial charge in [0.25, 0.3) is 0 Å². The van der Waals surface area contributed by atoms with Gasteiger partial charge in [-0.2, -0.15) is 0 Å². The highest BCUT2D eigenvalue weighted by atomic mass is 16.4. The van der Waals surface area contributed by atoms with Crippen LogP contribution in [0.2, 0.25) is 0 Å². The van der Waals surface area contributed by atoms with Crippen LogP contribution in [0.15, 0.2) is 0 Å². The minimum atomic E-state index is -1.41. The van der Waals surface area contributed by atoms with E-state index in [0.717, 1.165) is 4.90 Å². The van der Waals surface area contributed by atoms with E-state index in [-0.39, 0.29) is 25.9 Å². The second kappa shape index (κ2) is 9.83. The van der Waals surface area contributed by atoms with Crippen molar-refractivity contribution in [2.24, 2.45) is 0 Å². The summed E-state index contributed by atoms with van der Waals surface area (Å²) in [5.74, 6) is -4.84. The van der Waals surface area contributed by atoms with Crippen molar-refractivity contribution < 1.29 is 39.6 Å². The van der Waals surface area contributed by atoms with Crippen molar-refractivity contribution in [3.05, 3.63) is 0 Å². The summed E-state index contributed by atoms with van der Waals surface area (Å²) in [5, 5.41) is 36.2. The Kier molecular flexibility index (Phi) is 8.93. The number of nitrogens with zero attached hydrogens (tertiary/aromatic N) is 2. The van der Waals surface area contributed by atoms with E-state index in [1.54, 1.807) is 13.8 Å². The summed E-state index contributed by atoms with van der Waals surface area (Å²) in [6.45, 7) is 1.47. The van der Waals surface area contributed by atoms with Crippen molar-refractivity contribution in [3.63, 3.8) is 0 Å². The van der Waals surface area contributed by atoms with Gasteiger partial charge in [-0.1, -0.05) is 13.8 Å². The Morgan fingerprint density at radius 1 is 0.750 bits per heavy atom. The van der Waals surface area contributed by atoms with Crippen LogP contribution in [-0.4, -0.2) is 92.4 Å².